The first-order chi connectivity index (χ1) is 9.24. The number of likely N-dealkylation sites (N-methyl/N-ethyl adjacent to an activating group) is 1. The third-order valence-corrected chi connectivity index (χ3v) is 3.71. The second kappa shape index (κ2) is 6.78. The van der Waals surface area contributed by atoms with E-state index in [-0.39, 0.29) is 12.7 Å². The number of rotatable bonds is 6. The van der Waals surface area contributed by atoms with E-state index in [9.17, 15) is 0 Å². The van der Waals surface area contributed by atoms with Gasteiger partial charge < -0.3 is 20.1 Å². The van der Waals surface area contributed by atoms with Crippen molar-refractivity contribution in [2.45, 2.75) is 32.4 Å². The molecule has 2 unspecified atom stereocenters. The first kappa shape index (κ1) is 14.2. The first-order valence-corrected chi connectivity index (χ1v) is 7.08. The van der Waals surface area contributed by atoms with Crippen LogP contribution in [0.5, 0.6) is 0 Å². The number of ether oxygens (including phenoxy) is 1. The molecule has 2 N–H and O–H groups in total. The zero-order chi connectivity index (χ0) is 13.7. The van der Waals surface area contributed by atoms with E-state index in [0.717, 1.165) is 30.9 Å². The molecule has 4 heteroatoms. The van der Waals surface area contributed by atoms with Crippen molar-refractivity contribution in [3.05, 3.63) is 24.3 Å². The quantitative estimate of drug-likeness (QED) is 0.826. The van der Waals surface area contributed by atoms with Crippen molar-refractivity contribution in [1.29, 1.82) is 0 Å². The Labute approximate surface area is 115 Å². The van der Waals surface area contributed by atoms with Crippen molar-refractivity contribution in [3.8, 4) is 0 Å². The maximum Gasteiger partial charge on any atom is 0.0748 e. The fraction of sp³-hybridized carbons (Fsp3) is 0.600. The lowest BCUT2D eigenvalue weighted by atomic mass is 10.1. The van der Waals surface area contributed by atoms with Gasteiger partial charge in [0.1, 0.15) is 0 Å². The highest BCUT2D eigenvalue weighted by molar-refractivity contribution is 5.55. The van der Waals surface area contributed by atoms with Gasteiger partial charge in [-0.3, -0.25) is 0 Å². The average Bonchev–Trinajstić information content (AvgIpc) is 2.83. The van der Waals surface area contributed by atoms with Crippen molar-refractivity contribution >= 4 is 11.4 Å². The lowest BCUT2D eigenvalue weighted by Crippen LogP contribution is -2.27. The molecule has 4 nitrogen and oxygen atoms in total. The predicted octanol–water partition coefficient (Wildman–Crippen LogP) is 2.09. The van der Waals surface area contributed by atoms with E-state index in [1.807, 2.05) is 0 Å². The molecule has 106 valence electrons. The van der Waals surface area contributed by atoms with Crippen LogP contribution in [-0.2, 0) is 4.74 Å². The topological polar surface area (TPSA) is 44.7 Å². The maximum absolute atomic E-state index is 9.03. The number of hydrogen-bond acceptors (Lipinski definition) is 4. The second-order valence-corrected chi connectivity index (χ2v) is 4.97. The van der Waals surface area contributed by atoms with E-state index in [4.69, 9.17) is 9.84 Å². The molecular weight excluding hydrogens is 240 g/mol. The number of hydrogen-bond donors (Lipinski definition) is 2. The molecule has 2 atom stereocenters. The fourth-order valence-electron chi connectivity index (χ4n) is 2.49. The molecule has 1 aromatic rings. The summed E-state index contributed by atoms with van der Waals surface area (Å²) in [5, 5.41) is 12.5. The lowest BCUT2D eigenvalue weighted by Gasteiger charge is -2.23. The summed E-state index contributed by atoms with van der Waals surface area (Å²) in [4.78, 5) is 2.16. The lowest BCUT2D eigenvalue weighted by molar-refractivity contribution is 0.121. The molecule has 1 heterocycles. The van der Waals surface area contributed by atoms with Gasteiger partial charge in [0, 0.05) is 31.1 Å². The van der Waals surface area contributed by atoms with E-state index in [1.54, 1.807) is 0 Å². The zero-order valence-electron chi connectivity index (χ0n) is 11.8. The minimum absolute atomic E-state index is 0.185. The maximum atomic E-state index is 9.03. The summed E-state index contributed by atoms with van der Waals surface area (Å²) < 4.78 is 5.55. The number of nitrogens with zero attached hydrogens (tertiary/aromatic N) is 1. The SMILES string of the molecule is CCN(CCO)c1ccc(NC2CCOC2C)cc1. The Morgan fingerprint density at radius 3 is 2.63 bits per heavy atom. The minimum Gasteiger partial charge on any atom is -0.395 e. The van der Waals surface area contributed by atoms with Gasteiger partial charge in [-0.2, -0.15) is 0 Å². The van der Waals surface area contributed by atoms with Gasteiger partial charge in [-0.25, -0.2) is 0 Å². The highest BCUT2D eigenvalue weighted by Gasteiger charge is 2.23. The van der Waals surface area contributed by atoms with Crippen LogP contribution in [0.2, 0.25) is 0 Å². The molecule has 1 aliphatic rings. The molecule has 0 bridgehead atoms. The van der Waals surface area contributed by atoms with E-state index in [1.165, 1.54) is 0 Å². The Bertz CT molecular complexity index is 380. The summed E-state index contributed by atoms with van der Waals surface area (Å²) >= 11 is 0. The van der Waals surface area contributed by atoms with Crippen LogP contribution in [0.3, 0.4) is 0 Å². The monoisotopic (exact) mass is 264 g/mol. The summed E-state index contributed by atoms with van der Waals surface area (Å²) in [6, 6.07) is 8.80. The number of benzene rings is 1. The molecule has 19 heavy (non-hydrogen) atoms. The molecule has 2 rings (SSSR count). The standard InChI is InChI=1S/C15H24N2O2/c1-3-17(9-10-18)14-6-4-13(5-7-14)16-15-8-11-19-12(15)2/h4-7,12,15-16,18H,3,8-11H2,1-2H3. The molecule has 1 aliphatic heterocycles. The Balaban J connectivity index is 1.97. The molecule has 0 aromatic heterocycles. The number of anilines is 2. The van der Waals surface area contributed by atoms with Crippen LogP contribution in [-0.4, -0.2) is 43.6 Å². The Hall–Kier alpha value is -1.26. The number of aliphatic hydroxyl groups excluding tert-OH is 1. The van der Waals surface area contributed by atoms with Crippen LogP contribution in [0.25, 0.3) is 0 Å². The van der Waals surface area contributed by atoms with Gasteiger partial charge in [-0.15, -0.1) is 0 Å². The molecule has 1 saturated heterocycles. The predicted molar refractivity (Wildman–Crippen MR) is 78.9 cm³/mol. The normalized spacial score (nSPS) is 22.5. The smallest absolute Gasteiger partial charge is 0.0748 e. The van der Waals surface area contributed by atoms with Crippen LogP contribution in [0, 0.1) is 0 Å². The van der Waals surface area contributed by atoms with E-state index in [2.05, 4.69) is 48.3 Å². The van der Waals surface area contributed by atoms with Crippen LogP contribution >= 0.6 is 0 Å². The van der Waals surface area contributed by atoms with Gasteiger partial charge in [0.05, 0.1) is 18.8 Å². The Kier molecular flexibility index (Phi) is 5.05. The van der Waals surface area contributed by atoms with Crippen molar-refractivity contribution in [1.82, 2.24) is 0 Å². The van der Waals surface area contributed by atoms with Crippen LogP contribution < -0.4 is 10.2 Å². The summed E-state index contributed by atoms with van der Waals surface area (Å²) in [7, 11) is 0. The minimum atomic E-state index is 0.185. The van der Waals surface area contributed by atoms with Gasteiger partial charge >= 0.3 is 0 Å². The van der Waals surface area contributed by atoms with E-state index < -0.39 is 0 Å². The third-order valence-electron chi connectivity index (χ3n) is 3.71. The molecule has 0 spiro atoms. The summed E-state index contributed by atoms with van der Waals surface area (Å²) in [5.74, 6) is 0. The van der Waals surface area contributed by atoms with Crippen molar-refractivity contribution in [2.24, 2.45) is 0 Å². The Morgan fingerprint density at radius 1 is 1.37 bits per heavy atom. The summed E-state index contributed by atoms with van der Waals surface area (Å²) in [5.41, 5.74) is 2.28. The van der Waals surface area contributed by atoms with Crippen molar-refractivity contribution in [3.63, 3.8) is 0 Å². The van der Waals surface area contributed by atoms with Gasteiger partial charge in [-0.1, -0.05) is 0 Å². The number of aliphatic hydroxyl groups is 1. The van der Waals surface area contributed by atoms with Gasteiger partial charge in [0.15, 0.2) is 0 Å². The van der Waals surface area contributed by atoms with Crippen LogP contribution in [0.1, 0.15) is 20.3 Å². The number of nitrogens with one attached hydrogen (secondary N) is 1. The van der Waals surface area contributed by atoms with Crippen LogP contribution in [0.15, 0.2) is 24.3 Å². The third kappa shape index (κ3) is 3.61. The Morgan fingerprint density at radius 2 is 2.11 bits per heavy atom. The zero-order valence-corrected chi connectivity index (χ0v) is 11.8. The van der Waals surface area contributed by atoms with Gasteiger partial charge in [-0.05, 0) is 44.5 Å². The van der Waals surface area contributed by atoms with Crippen molar-refractivity contribution in [2.75, 3.05) is 36.5 Å². The molecule has 0 aliphatic carbocycles. The average molecular weight is 264 g/mol. The molecule has 0 amide bonds. The highest BCUT2D eigenvalue weighted by Crippen LogP contribution is 2.22. The van der Waals surface area contributed by atoms with Gasteiger partial charge in [0.25, 0.3) is 0 Å². The summed E-state index contributed by atoms with van der Waals surface area (Å²) in [6.07, 6.45) is 1.34. The van der Waals surface area contributed by atoms with Crippen molar-refractivity contribution < 1.29 is 9.84 Å². The van der Waals surface area contributed by atoms with Gasteiger partial charge in [0.2, 0.25) is 0 Å². The highest BCUT2D eigenvalue weighted by atomic mass is 16.5. The molecule has 1 fully saturated rings. The largest absolute Gasteiger partial charge is 0.395 e. The van der Waals surface area contributed by atoms with E-state index in [0.29, 0.717) is 12.6 Å². The summed E-state index contributed by atoms with van der Waals surface area (Å²) in [6.45, 7) is 6.82. The second-order valence-electron chi connectivity index (χ2n) is 4.97. The molecule has 0 radical (unpaired) electrons. The molecular formula is C15H24N2O2. The van der Waals surface area contributed by atoms with Crippen LogP contribution in [0.4, 0.5) is 11.4 Å². The first-order valence-electron chi connectivity index (χ1n) is 7.08. The van der Waals surface area contributed by atoms with E-state index >= 15 is 0 Å². The molecule has 1 aromatic carbocycles. The fourth-order valence-corrected chi connectivity index (χ4v) is 2.49. The molecule has 0 saturated carbocycles.